The van der Waals surface area contributed by atoms with Gasteiger partial charge in [0, 0.05) is 25.0 Å². The summed E-state index contributed by atoms with van der Waals surface area (Å²) in [7, 11) is 0. The minimum absolute atomic E-state index is 0.0300. The quantitative estimate of drug-likeness (QED) is 0.809. The summed E-state index contributed by atoms with van der Waals surface area (Å²) in [6.45, 7) is 2.38. The van der Waals surface area contributed by atoms with E-state index in [1.54, 1.807) is 6.08 Å². The number of benzene rings is 1. The standard InChI is InChI=1S/C17H22O5/c1-2-21-17-13(9-6-10-18)14(11-15(22-17)16(19)20)12-7-4-3-5-8-12/h3-5,7-8,11,13-14,17-18H,2,6,9-10H2,1H3,(H,19,20)/t13-,14-,17-/m0/s1. The first kappa shape index (κ1) is 16.5. The second-order valence-corrected chi connectivity index (χ2v) is 5.24. The SMILES string of the molecule is CCO[C@H]1OC(C(=O)O)=C[C@@H](c2ccccc2)[C@@H]1CCCO. The summed E-state index contributed by atoms with van der Waals surface area (Å²) >= 11 is 0. The summed E-state index contributed by atoms with van der Waals surface area (Å²) in [4.78, 5) is 11.3. The maximum absolute atomic E-state index is 11.3. The van der Waals surface area contributed by atoms with Crippen LogP contribution in [0.2, 0.25) is 0 Å². The third-order valence-electron chi connectivity index (χ3n) is 3.81. The summed E-state index contributed by atoms with van der Waals surface area (Å²) in [6.07, 6.45) is 2.36. The average molecular weight is 306 g/mol. The molecule has 2 N–H and O–H groups in total. The first-order valence-corrected chi connectivity index (χ1v) is 7.56. The number of carboxylic acids is 1. The van der Waals surface area contributed by atoms with Crippen molar-refractivity contribution in [3.63, 3.8) is 0 Å². The summed E-state index contributed by atoms with van der Waals surface area (Å²) < 4.78 is 11.1. The highest BCUT2D eigenvalue weighted by molar-refractivity contribution is 5.84. The van der Waals surface area contributed by atoms with E-state index in [-0.39, 0.29) is 24.2 Å². The third kappa shape index (κ3) is 3.87. The fraction of sp³-hybridized carbons (Fsp3) is 0.471. The van der Waals surface area contributed by atoms with Crippen LogP contribution in [0.25, 0.3) is 0 Å². The number of aliphatic carboxylic acids is 1. The van der Waals surface area contributed by atoms with E-state index >= 15 is 0 Å². The molecule has 0 bridgehead atoms. The molecule has 3 atom stereocenters. The first-order chi connectivity index (χ1) is 10.7. The maximum Gasteiger partial charge on any atom is 0.370 e. The molecule has 5 nitrogen and oxygen atoms in total. The molecule has 0 saturated carbocycles. The molecule has 1 heterocycles. The van der Waals surface area contributed by atoms with E-state index in [9.17, 15) is 9.90 Å². The molecule has 22 heavy (non-hydrogen) atoms. The van der Waals surface area contributed by atoms with Crippen LogP contribution in [0.5, 0.6) is 0 Å². The Bertz CT molecular complexity index is 511. The van der Waals surface area contributed by atoms with Gasteiger partial charge in [0.15, 0.2) is 0 Å². The first-order valence-electron chi connectivity index (χ1n) is 7.56. The fourth-order valence-corrected chi connectivity index (χ4v) is 2.81. The second kappa shape index (κ2) is 7.96. The molecule has 1 aliphatic rings. The van der Waals surface area contributed by atoms with Gasteiger partial charge >= 0.3 is 5.97 Å². The zero-order valence-corrected chi connectivity index (χ0v) is 12.6. The highest BCUT2D eigenvalue weighted by Crippen LogP contribution is 2.39. The summed E-state index contributed by atoms with van der Waals surface area (Å²) in [6, 6.07) is 9.73. The van der Waals surface area contributed by atoms with Crippen LogP contribution in [0.1, 0.15) is 31.2 Å². The van der Waals surface area contributed by atoms with Crippen LogP contribution >= 0.6 is 0 Å². The van der Waals surface area contributed by atoms with E-state index < -0.39 is 12.3 Å². The molecular weight excluding hydrogens is 284 g/mol. The molecule has 1 aliphatic heterocycles. The topological polar surface area (TPSA) is 76.0 Å². The molecule has 120 valence electrons. The largest absolute Gasteiger partial charge is 0.475 e. The van der Waals surface area contributed by atoms with Gasteiger partial charge < -0.3 is 19.7 Å². The van der Waals surface area contributed by atoms with Crippen molar-refractivity contribution < 1.29 is 24.5 Å². The van der Waals surface area contributed by atoms with Crippen molar-refractivity contribution in [2.75, 3.05) is 13.2 Å². The summed E-state index contributed by atoms with van der Waals surface area (Å²) in [5.74, 6) is -1.31. The fourth-order valence-electron chi connectivity index (χ4n) is 2.81. The lowest BCUT2D eigenvalue weighted by molar-refractivity contribution is -0.173. The van der Waals surface area contributed by atoms with Gasteiger partial charge in [0.05, 0.1) is 0 Å². The van der Waals surface area contributed by atoms with Gasteiger partial charge in [0.2, 0.25) is 12.0 Å². The Labute approximate surface area is 130 Å². The number of ether oxygens (including phenoxy) is 2. The van der Waals surface area contributed by atoms with Gasteiger partial charge in [-0.15, -0.1) is 0 Å². The van der Waals surface area contributed by atoms with Gasteiger partial charge in [-0.25, -0.2) is 4.79 Å². The summed E-state index contributed by atoms with van der Waals surface area (Å²) in [5.41, 5.74) is 1.03. The highest BCUT2D eigenvalue weighted by atomic mass is 16.7. The molecular formula is C17H22O5. The third-order valence-corrected chi connectivity index (χ3v) is 3.81. The number of allylic oxidation sites excluding steroid dienone is 1. The van der Waals surface area contributed by atoms with Gasteiger partial charge in [-0.05, 0) is 31.4 Å². The molecule has 0 fully saturated rings. The Hall–Kier alpha value is -1.85. The molecule has 1 aromatic carbocycles. The molecule has 0 amide bonds. The van der Waals surface area contributed by atoms with Gasteiger partial charge in [-0.1, -0.05) is 30.3 Å². The van der Waals surface area contributed by atoms with Crippen molar-refractivity contribution in [2.45, 2.75) is 32.0 Å². The molecule has 0 aliphatic carbocycles. The van der Waals surface area contributed by atoms with E-state index in [0.29, 0.717) is 19.4 Å². The number of hydrogen-bond acceptors (Lipinski definition) is 4. The smallest absolute Gasteiger partial charge is 0.370 e. The number of carboxylic acid groups (broad SMARTS) is 1. The lowest BCUT2D eigenvalue weighted by Gasteiger charge is -2.36. The van der Waals surface area contributed by atoms with E-state index in [0.717, 1.165) is 5.56 Å². The lowest BCUT2D eigenvalue weighted by atomic mass is 9.80. The van der Waals surface area contributed by atoms with Crippen molar-refractivity contribution in [3.05, 3.63) is 47.7 Å². The normalized spacial score (nSPS) is 24.5. The molecule has 0 aromatic heterocycles. The molecule has 1 aromatic rings. The molecule has 0 saturated heterocycles. The van der Waals surface area contributed by atoms with Crippen molar-refractivity contribution in [1.29, 1.82) is 0 Å². The molecule has 0 unspecified atom stereocenters. The van der Waals surface area contributed by atoms with E-state index in [1.807, 2.05) is 37.3 Å². The minimum atomic E-state index is -1.09. The monoisotopic (exact) mass is 306 g/mol. The Morgan fingerprint density at radius 2 is 2.05 bits per heavy atom. The van der Waals surface area contributed by atoms with Crippen molar-refractivity contribution in [1.82, 2.24) is 0 Å². The Morgan fingerprint density at radius 3 is 2.64 bits per heavy atom. The van der Waals surface area contributed by atoms with Crippen molar-refractivity contribution in [2.24, 2.45) is 5.92 Å². The van der Waals surface area contributed by atoms with Gasteiger partial charge in [0.25, 0.3) is 0 Å². The van der Waals surface area contributed by atoms with Crippen LogP contribution in [0.3, 0.4) is 0 Å². The average Bonchev–Trinajstić information content (AvgIpc) is 2.54. The van der Waals surface area contributed by atoms with Crippen LogP contribution in [-0.2, 0) is 14.3 Å². The predicted octanol–water partition coefficient (Wildman–Crippen LogP) is 2.52. The Balaban J connectivity index is 2.36. The highest BCUT2D eigenvalue weighted by Gasteiger charge is 2.37. The number of hydrogen-bond donors (Lipinski definition) is 2. The van der Waals surface area contributed by atoms with Crippen LogP contribution in [0.4, 0.5) is 0 Å². The number of aliphatic hydroxyl groups is 1. The number of aliphatic hydroxyl groups excluding tert-OH is 1. The molecule has 0 spiro atoms. The van der Waals surface area contributed by atoms with Gasteiger partial charge in [-0.2, -0.15) is 0 Å². The zero-order valence-electron chi connectivity index (χ0n) is 12.6. The number of rotatable bonds is 7. The summed E-state index contributed by atoms with van der Waals surface area (Å²) in [5, 5.41) is 18.4. The Morgan fingerprint density at radius 1 is 1.32 bits per heavy atom. The van der Waals surface area contributed by atoms with Crippen LogP contribution in [0, 0.1) is 5.92 Å². The van der Waals surface area contributed by atoms with Crippen LogP contribution in [-0.4, -0.2) is 35.7 Å². The minimum Gasteiger partial charge on any atom is -0.475 e. The second-order valence-electron chi connectivity index (χ2n) is 5.24. The van der Waals surface area contributed by atoms with Gasteiger partial charge in [-0.3, -0.25) is 0 Å². The van der Waals surface area contributed by atoms with Crippen LogP contribution in [0.15, 0.2) is 42.2 Å². The maximum atomic E-state index is 11.3. The number of carbonyl (C=O) groups is 1. The van der Waals surface area contributed by atoms with Crippen LogP contribution < -0.4 is 0 Å². The van der Waals surface area contributed by atoms with Crippen molar-refractivity contribution in [3.8, 4) is 0 Å². The van der Waals surface area contributed by atoms with Gasteiger partial charge in [0.1, 0.15) is 0 Å². The molecule has 5 heteroatoms. The lowest BCUT2D eigenvalue weighted by Crippen LogP contribution is -2.36. The predicted molar refractivity (Wildman–Crippen MR) is 81.2 cm³/mol. The molecule has 0 radical (unpaired) electrons. The van der Waals surface area contributed by atoms with E-state index in [2.05, 4.69) is 0 Å². The van der Waals surface area contributed by atoms with E-state index in [1.165, 1.54) is 0 Å². The molecule has 2 rings (SSSR count). The zero-order chi connectivity index (χ0) is 15.9. The Kier molecular flexibility index (Phi) is 5.98. The van der Waals surface area contributed by atoms with E-state index in [4.69, 9.17) is 14.6 Å². The van der Waals surface area contributed by atoms with Crippen molar-refractivity contribution >= 4 is 5.97 Å².